The number of fused-ring (bicyclic) bond motifs is 3. The minimum atomic E-state index is -0.421. The lowest BCUT2D eigenvalue weighted by molar-refractivity contribution is 0.0747. The van der Waals surface area contributed by atoms with Crippen molar-refractivity contribution in [1.82, 2.24) is 19.2 Å². The SMILES string of the molecule is Cc1nn(Cc2ccc(Cl)cc2)c(=O)c2c(O)c3n(c12)CCN(C)C3=O. The summed E-state index contributed by atoms with van der Waals surface area (Å²) in [6.07, 6.45) is 0. The Labute approximate surface area is 154 Å². The van der Waals surface area contributed by atoms with Crippen LogP contribution in [0.15, 0.2) is 29.1 Å². The van der Waals surface area contributed by atoms with Gasteiger partial charge in [0.15, 0.2) is 11.4 Å². The number of nitrogens with zero attached hydrogens (tertiary/aromatic N) is 4. The molecule has 8 heteroatoms. The van der Waals surface area contributed by atoms with Gasteiger partial charge in [-0.15, -0.1) is 0 Å². The minimum absolute atomic E-state index is 0.144. The van der Waals surface area contributed by atoms with E-state index in [4.69, 9.17) is 11.6 Å². The van der Waals surface area contributed by atoms with Gasteiger partial charge in [-0.2, -0.15) is 5.10 Å². The second-order valence-corrected chi connectivity index (χ2v) is 6.91. The molecule has 1 amide bonds. The van der Waals surface area contributed by atoms with Gasteiger partial charge < -0.3 is 14.6 Å². The van der Waals surface area contributed by atoms with Gasteiger partial charge in [0.25, 0.3) is 11.5 Å². The van der Waals surface area contributed by atoms with Crippen LogP contribution in [0.1, 0.15) is 21.7 Å². The topological polar surface area (TPSA) is 80.4 Å². The van der Waals surface area contributed by atoms with Crippen molar-refractivity contribution < 1.29 is 9.90 Å². The summed E-state index contributed by atoms with van der Waals surface area (Å²) in [7, 11) is 1.67. The number of carbonyl (C=O) groups excluding carboxylic acids is 1. The fourth-order valence-electron chi connectivity index (χ4n) is 3.43. The van der Waals surface area contributed by atoms with Crippen LogP contribution in [0.3, 0.4) is 0 Å². The second-order valence-electron chi connectivity index (χ2n) is 6.47. The Kier molecular flexibility index (Phi) is 3.77. The molecule has 0 aliphatic carbocycles. The summed E-state index contributed by atoms with van der Waals surface area (Å²) in [6.45, 7) is 3.05. The average molecular weight is 373 g/mol. The summed E-state index contributed by atoms with van der Waals surface area (Å²) in [4.78, 5) is 26.9. The standard InChI is InChI=1S/C18H17ClN4O3/c1-10-14-13(16(24)15-18(26)21(2)7-8-22(14)15)17(25)23(20-10)9-11-3-5-12(19)6-4-11/h3-6,24H,7-9H2,1-2H3. The van der Waals surface area contributed by atoms with Gasteiger partial charge in [0, 0.05) is 25.2 Å². The van der Waals surface area contributed by atoms with Gasteiger partial charge in [0.05, 0.1) is 17.8 Å². The Balaban J connectivity index is 1.92. The summed E-state index contributed by atoms with van der Waals surface area (Å²) in [5, 5.41) is 15.8. The van der Waals surface area contributed by atoms with Gasteiger partial charge in [-0.05, 0) is 24.6 Å². The Hall–Kier alpha value is -2.80. The maximum absolute atomic E-state index is 13.0. The highest BCUT2D eigenvalue weighted by atomic mass is 35.5. The quantitative estimate of drug-likeness (QED) is 0.746. The smallest absolute Gasteiger partial charge is 0.280 e. The highest BCUT2D eigenvalue weighted by Gasteiger charge is 2.31. The van der Waals surface area contributed by atoms with E-state index in [1.165, 1.54) is 9.58 Å². The summed E-state index contributed by atoms with van der Waals surface area (Å²) < 4.78 is 3.00. The number of halogens is 1. The highest BCUT2D eigenvalue weighted by Crippen LogP contribution is 2.33. The number of carbonyl (C=O) groups is 1. The molecule has 26 heavy (non-hydrogen) atoms. The average Bonchev–Trinajstić information content (AvgIpc) is 2.92. The van der Waals surface area contributed by atoms with Gasteiger partial charge in [0.2, 0.25) is 0 Å². The van der Waals surface area contributed by atoms with Crippen molar-refractivity contribution >= 4 is 28.4 Å². The Morgan fingerprint density at radius 2 is 1.88 bits per heavy atom. The lowest BCUT2D eigenvalue weighted by Crippen LogP contribution is -2.37. The molecule has 4 rings (SSSR count). The first-order chi connectivity index (χ1) is 12.4. The van der Waals surface area contributed by atoms with Gasteiger partial charge >= 0.3 is 0 Å². The molecule has 0 atom stereocenters. The van der Waals surface area contributed by atoms with Crippen molar-refractivity contribution in [3.8, 4) is 5.75 Å². The summed E-state index contributed by atoms with van der Waals surface area (Å²) in [5.74, 6) is -0.565. The van der Waals surface area contributed by atoms with Crippen LogP contribution in [0.4, 0.5) is 0 Å². The number of aromatic nitrogens is 3. The molecule has 134 valence electrons. The van der Waals surface area contributed by atoms with E-state index < -0.39 is 5.56 Å². The number of amides is 1. The van der Waals surface area contributed by atoms with Crippen LogP contribution in [0, 0.1) is 6.92 Å². The summed E-state index contributed by atoms with van der Waals surface area (Å²) in [5.41, 5.74) is 1.71. The fraction of sp³-hybridized carbons (Fsp3) is 0.278. The second kappa shape index (κ2) is 5.88. The molecule has 1 N–H and O–H groups in total. The lowest BCUT2D eigenvalue weighted by Gasteiger charge is -2.25. The predicted molar refractivity (Wildman–Crippen MR) is 97.9 cm³/mol. The molecule has 7 nitrogen and oxygen atoms in total. The first-order valence-electron chi connectivity index (χ1n) is 8.21. The molecule has 1 aromatic carbocycles. The molecular formula is C18H17ClN4O3. The molecule has 0 radical (unpaired) electrons. The molecule has 0 saturated heterocycles. The van der Waals surface area contributed by atoms with Crippen molar-refractivity contribution in [3.05, 3.63) is 56.6 Å². The number of aromatic hydroxyl groups is 1. The van der Waals surface area contributed by atoms with E-state index in [0.29, 0.717) is 29.3 Å². The van der Waals surface area contributed by atoms with Gasteiger partial charge in [0.1, 0.15) is 5.39 Å². The third kappa shape index (κ3) is 2.39. The number of aryl methyl sites for hydroxylation is 1. The zero-order valence-electron chi connectivity index (χ0n) is 14.4. The Morgan fingerprint density at radius 1 is 1.19 bits per heavy atom. The zero-order chi connectivity index (χ0) is 18.6. The molecule has 0 spiro atoms. The van der Waals surface area contributed by atoms with E-state index in [-0.39, 0.29) is 29.3 Å². The van der Waals surface area contributed by atoms with Crippen LogP contribution < -0.4 is 5.56 Å². The minimum Gasteiger partial charge on any atom is -0.505 e. The van der Waals surface area contributed by atoms with Crippen LogP contribution in [-0.4, -0.2) is 43.9 Å². The largest absolute Gasteiger partial charge is 0.505 e. The van der Waals surface area contributed by atoms with E-state index in [0.717, 1.165) is 5.56 Å². The number of likely N-dealkylation sites (N-methyl/N-ethyl adjacent to an activating group) is 1. The van der Waals surface area contributed by atoms with Crippen LogP contribution in [0.5, 0.6) is 5.75 Å². The summed E-state index contributed by atoms with van der Waals surface area (Å²) in [6, 6.07) is 7.13. The van der Waals surface area contributed by atoms with Gasteiger partial charge in [-0.1, -0.05) is 23.7 Å². The van der Waals surface area contributed by atoms with E-state index in [9.17, 15) is 14.7 Å². The maximum Gasteiger partial charge on any atom is 0.280 e. The predicted octanol–water partition coefficient (Wildman–Crippen LogP) is 2.00. The van der Waals surface area contributed by atoms with Crippen molar-refractivity contribution in [1.29, 1.82) is 0 Å². The molecule has 0 bridgehead atoms. The third-order valence-electron chi connectivity index (χ3n) is 4.75. The normalized spacial score (nSPS) is 14.1. The van der Waals surface area contributed by atoms with Crippen molar-refractivity contribution in [2.24, 2.45) is 0 Å². The molecule has 0 unspecified atom stereocenters. The zero-order valence-corrected chi connectivity index (χ0v) is 15.1. The van der Waals surface area contributed by atoms with Gasteiger partial charge in [-0.25, -0.2) is 4.68 Å². The monoisotopic (exact) mass is 372 g/mol. The lowest BCUT2D eigenvalue weighted by atomic mass is 10.2. The number of rotatable bonds is 2. The first kappa shape index (κ1) is 16.7. The molecule has 2 aromatic heterocycles. The number of hydrogen-bond acceptors (Lipinski definition) is 4. The van der Waals surface area contributed by atoms with Crippen LogP contribution in [0.2, 0.25) is 5.02 Å². The molecule has 0 saturated carbocycles. The van der Waals surface area contributed by atoms with Crippen molar-refractivity contribution in [3.63, 3.8) is 0 Å². The van der Waals surface area contributed by atoms with Crippen LogP contribution in [0.25, 0.3) is 10.9 Å². The fourth-order valence-corrected chi connectivity index (χ4v) is 3.56. The first-order valence-corrected chi connectivity index (χ1v) is 8.59. The molecule has 3 heterocycles. The number of benzene rings is 1. The molecule has 1 aliphatic rings. The van der Waals surface area contributed by atoms with Gasteiger partial charge in [-0.3, -0.25) is 9.59 Å². The molecule has 1 aliphatic heterocycles. The van der Waals surface area contributed by atoms with Crippen LogP contribution >= 0.6 is 11.6 Å². The van der Waals surface area contributed by atoms with E-state index in [2.05, 4.69) is 5.10 Å². The third-order valence-corrected chi connectivity index (χ3v) is 5.01. The van der Waals surface area contributed by atoms with Crippen LogP contribution in [-0.2, 0) is 13.1 Å². The Bertz CT molecular complexity index is 1100. The van der Waals surface area contributed by atoms with E-state index in [1.807, 2.05) is 12.1 Å². The van der Waals surface area contributed by atoms with Crippen molar-refractivity contribution in [2.45, 2.75) is 20.0 Å². The maximum atomic E-state index is 13.0. The molecule has 3 aromatic rings. The van der Waals surface area contributed by atoms with E-state index >= 15 is 0 Å². The van der Waals surface area contributed by atoms with E-state index in [1.54, 1.807) is 30.7 Å². The molecular weight excluding hydrogens is 356 g/mol. The molecule has 0 fully saturated rings. The van der Waals surface area contributed by atoms with Crippen molar-refractivity contribution in [2.75, 3.05) is 13.6 Å². The highest BCUT2D eigenvalue weighted by molar-refractivity contribution is 6.30. The number of hydrogen-bond donors (Lipinski definition) is 1. The Morgan fingerprint density at radius 3 is 2.58 bits per heavy atom. The summed E-state index contributed by atoms with van der Waals surface area (Å²) >= 11 is 5.90.